The number of benzene rings is 2. The lowest BCUT2D eigenvalue weighted by molar-refractivity contribution is 0.0766. The van der Waals surface area contributed by atoms with Crippen LogP contribution in [0.25, 0.3) is 0 Å². The number of hydrogen-bond donors (Lipinski definition) is 3. The minimum absolute atomic E-state index is 0.0392. The molecule has 26 heavy (non-hydrogen) atoms. The van der Waals surface area contributed by atoms with Crippen LogP contribution in [-0.4, -0.2) is 43.1 Å². The number of piperidine rings is 1. The Labute approximate surface area is 154 Å². The fourth-order valence-electron chi connectivity index (χ4n) is 3.53. The molecule has 0 saturated carbocycles. The zero-order valence-corrected chi connectivity index (χ0v) is 15.4. The Morgan fingerprint density at radius 2 is 1.77 bits per heavy atom. The van der Waals surface area contributed by atoms with Gasteiger partial charge in [0.15, 0.2) is 9.84 Å². The summed E-state index contributed by atoms with van der Waals surface area (Å²) in [4.78, 5) is 0.208. The molecule has 1 aliphatic heterocycles. The Morgan fingerprint density at radius 1 is 1.08 bits per heavy atom. The van der Waals surface area contributed by atoms with Gasteiger partial charge in [-0.3, -0.25) is 0 Å². The lowest BCUT2D eigenvalue weighted by Crippen LogP contribution is -2.42. The molecule has 1 unspecified atom stereocenters. The molecule has 2 aromatic rings. The number of aromatic hydroxyl groups is 1. The molecule has 5 nitrogen and oxygen atoms in total. The highest BCUT2D eigenvalue weighted by molar-refractivity contribution is 7.92. The quantitative estimate of drug-likeness (QED) is 0.720. The highest BCUT2D eigenvalue weighted by atomic mass is 32.2. The van der Waals surface area contributed by atoms with Gasteiger partial charge in [0, 0.05) is 6.54 Å². The highest BCUT2D eigenvalue weighted by Crippen LogP contribution is 2.29. The largest absolute Gasteiger partial charge is 0.508 e. The Kier molecular flexibility index (Phi) is 5.96. The highest BCUT2D eigenvalue weighted by Gasteiger charge is 2.33. The summed E-state index contributed by atoms with van der Waals surface area (Å²) in [6.07, 6.45) is 1.05. The van der Waals surface area contributed by atoms with Crippen LogP contribution >= 0.6 is 0 Å². The first-order valence-corrected chi connectivity index (χ1v) is 10.5. The van der Waals surface area contributed by atoms with Gasteiger partial charge in [0.2, 0.25) is 0 Å². The Morgan fingerprint density at radius 3 is 2.42 bits per heavy atom. The zero-order chi connectivity index (χ0) is 18.6. The Balaban J connectivity index is 1.89. The van der Waals surface area contributed by atoms with Crippen LogP contribution < -0.4 is 5.32 Å². The zero-order valence-electron chi connectivity index (χ0n) is 14.6. The van der Waals surface area contributed by atoms with Crippen LogP contribution in [0.4, 0.5) is 0 Å². The topological polar surface area (TPSA) is 86.6 Å². The molecule has 0 spiro atoms. The van der Waals surface area contributed by atoms with Crippen molar-refractivity contribution in [3.63, 3.8) is 0 Å². The average molecular weight is 375 g/mol. The van der Waals surface area contributed by atoms with Crippen molar-refractivity contribution in [2.75, 3.05) is 13.1 Å². The molecule has 0 aliphatic carbocycles. The SMILES string of the molecule is O=S(=O)(c1ccc(O)cc1)C(Cc1ccccc1)C[C@H]1CCNC[C@@H]1O. The van der Waals surface area contributed by atoms with E-state index in [0.29, 0.717) is 19.4 Å². The van der Waals surface area contributed by atoms with Crippen molar-refractivity contribution in [1.29, 1.82) is 0 Å². The summed E-state index contributed by atoms with van der Waals surface area (Å²) in [5.74, 6) is -0.00538. The van der Waals surface area contributed by atoms with Gasteiger partial charge >= 0.3 is 0 Å². The molecule has 0 aromatic heterocycles. The van der Waals surface area contributed by atoms with E-state index in [1.165, 1.54) is 24.3 Å². The van der Waals surface area contributed by atoms with Crippen LogP contribution in [0, 0.1) is 5.92 Å². The summed E-state index contributed by atoms with van der Waals surface area (Å²) in [5.41, 5.74) is 0.961. The van der Waals surface area contributed by atoms with Gasteiger partial charge in [0.25, 0.3) is 0 Å². The van der Waals surface area contributed by atoms with Crippen molar-refractivity contribution in [2.45, 2.75) is 35.5 Å². The predicted octanol–water partition coefficient (Wildman–Crippen LogP) is 2.14. The average Bonchev–Trinajstić information content (AvgIpc) is 2.64. The van der Waals surface area contributed by atoms with Gasteiger partial charge in [-0.1, -0.05) is 30.3 Å². The van der Waals surface area contributed by atoms with E-state index in [4.69, 9.17) is 0 Å². The molecule has 140 valence electrons. The van der Waals surface area contributed by atoms with Gasteiger partial charge in [0.05, 0.1) is 16.2 Å². The normalized spacial score (nSPS) is 22.0. The van der Waals surface area contributed by atoms with Gasteiger partial charge in [-0.15, -0.1) is 0 Å². The third-order valence-electron chi connectivity index (χ3n) is 5.07. The van der Waals surface area contributed by atoms with E-state index >= 15 is 0 Å². The number of sulfone groups is 1. The van der Waals surface area contributed by atoms with Crippen molar-refractivity contribution in [3.8, 4) is 5.75 Å². The number of hydrogen-bond acceptors (Lipinski definition) is 5. The maximum atomic E-state index is 13.2. The predicted molar refractivity (Wildman–Crippen MR) is 101 cm³/mol. The van der Waals surface area contributed by atoms with E-state index in [-0.39, 0.29) is 16.6 Å². The van der Waals surface area contributed by atoms with E-state index in [9.17, 15) is 18.6 Å². The summed E-state index contributed by atoms with van der Waals surface area (Å²) in [6, 6.07) is 15.2. The van der Waals surface area contributed by atoms with Crippen molar-refractivity contribution < 1.29 is 18.6 Å². The van der Waals surface area contributed by atoms with Crippen LogP contribution in [0.1, 0.15) is 18.4 Å². The summed E-state index contributed by atoms with van der Waals surface area (Å²) >= 11 is 0. The van der Waals surface area contributed by atoms with Gasteiger partial charge in [-0.25, -0.2) is 8.42 Å². The molecule has 0 amide bonds. The van der Waals surface area contributed by atoms with E-state index < -0.39 is 21.2 Å². The third-order valence-corrected chi connectivity index (χ3v) is 7.23. The van der Waals surface area contributed by atoms with Gasteiger partial charge in [-0.05, 0) is 61.6 Å². The molecular formula is C20H25NO4S. The number of aliphatic hydroxyl groups is 1. The molecule has 3 N–H and O–H groups in total. The van der Waals surface area contributed by atoms with E-state index in [0.717, 1.165) is 18.5 Å². The fraction of sp³-hybridized carbons (Fsp3) is 0.400. The minimum Gasteiger partial charge on any atom is -0.508 e. The van der Waals surface area contributed by atoms with Crippen LogP contribution in [0.2, 0.25) is 0 Å². The lowest BCUT2D eigenvalue weighted by atomic mass is 9.89. The standard InChI is InChI=1S/C20H25NO4S/c22-17-6-8-18(9-7-17)26(24,25)19(12-15-4-2-1-3-5-15)13-16-10-11-21-14-20(16)23/h1-9,16,19-23H,10-14H2/t16-,19?,20+/m1/s1. The molecule has 1 saturated heterocycles. The number of rotatable bonds is 6. The van der Waals surface area contributed by atoms with Crippen molar-refractivity contribution in [3.05, 3.63) is 60.2 Å². The number of phenols is 1. The molecule has 6 heteroatoms. The fourth-order valence-corrected chi connectivity index (χ4v) is 5.35. The van der Waals surface area contributed by atoms with Crippen LogP contribution in [0.5, 0.6) is 5.75 Å². The molecule has 2 aromatic carbocycles. The molecule has 3 atom stereocenters. The molecule has 1 heterocycles. The van der Waals surface area contributed by atoms with Crippen molar-refractivity contribution in [2.24, 2.45) is 5.92 Å². The smallest absolute Gasteiger partial charge is 0.181 e. The second kappa shape index (κ2) is 8.20. The lowest BCUT2D eigenvalue weighted by Gasteiger charge is -2.31. The Hall–Kier alpha value is -1.89. The summed E-state index contributed by atoms with van der Waals surface area (Å²) in [7, 11) is -3.58. The minimum atomic E-state index is -3.58. The second-order valence-electron chi connectivity index (χ2n) is 6.91. The van der Waals surface area contributed by atoms with Gasteiger partial charge < -0.3 is 15.5 Å². The summed E-state index contributed by atoms with van der Waals surface area (Å²) < 4.78 is 26.5. The molecule has 3 rings (SSSR count). The maximum absolute atomic E-state index is 13.2. The van der Waals surface area contributed by atoms with Crippen LogP contribution in [0.15, 0.2) is 59.5 Å². The number of nitrogens with one attached hydrogen (secondary N) is 1. The van der Waals surface area contributed by atoms with E-state index in [1.807, 2.05) is 30.3 Å². The monoisotopic (exact) mass is 375 g/mol. The first-order valence-electron chi connectivity index (χ1n) is 8.92. The van der Waals surface area contributed by atoms with Crippen molar-refractivity contribution >= 4 is 9.84 Å². The molecule has 0 radical (unpaired) electrons. The Bertz CT molecular complexity index is 805. The summed E-state index contributed by atoms with van der Waals surface area (Å²) in [6.45, 7) is 1.29. The second-order valence-corrected chi connectivity index (χ2v) is 9.13. The molecule has 0 bridgehead atoms. The number of aliphatic hydroxyl groups excluding tert-OH is 1. The van der Waals surface area contributed by atoms with Gasteiger partial charge in [-0.2, -0.15) is 0 Å². The third kappa shape index (κ3) is 4.44. The number of phenolic OH excluding ortho intramolecular Hbond substituents is 1. The van der Waals surface area contributed by atoms with Gasteiger partial charge in [0.1, 0.15) is 5.75 Å². The van der Waals surface area contributed by atoms with Crippen molar-refractivity contribution in [1.82, 2.24) is 5.32 Å². The summed E-state index contributed by atoms with van der Waals surface area (Å²) in [5, 5.41) is 22.2. The van der Waals surface area contributed by atoms with Crippen LogP contribution in [0.3, 0.4) is 0 Å². The first kappa shape index (κ1) is 18.9. The molecule has 1 fully saturated rings. The van der Waals surface area contributed by atoms with E-state index in [1.54, 1.807) is 0 Å². The molecule has 1 aliphatic rings. The van der Waals surface area contributed by atoms with Crippen LogP contribution in [-0.2, 0) is 16.3 Å². The first-order chi connectivity index (χ1) is 12.5. The number of β-amino-alcohol motifs (C(OH)–C–C–N with tert-alkyl or cyclic N) is 1. The van der Waals surface area contributed by atoms with E-state index in [2.05, 4.69) is 5.32 Å². The molecular weight excluding hydrogens is 350 g/mol. The maximum Gasteiger partial charge on any atom is 0.181 e.